The van der Waals surface area contributed by atoms with Crippen LogP contribution in [0.1, 0.15) is 25.3 Å². The molecule has 0 bridgehead atoms. The summed E-state index contributed by atoms with van der Waals surface area (Å²) < 4.78 is 33.1. The fourth-order valence-electron chi connectivity index (χ4n) is 3.27. The molecule has 1 aliphatic heterocycles. The number of nitrogens with one attached hydrogen (secondary N) is 1. The van der Waals surface area contributed by atoms with Gasteiger partial charge in [-0.25, -0.2) is 13.1 Å². The minimum absolute atomic E-state index is 0.0610. The van der Waals surface area contributed by atoms with Gasteiger partial charge >= 0.3 is 0 Å². The maximum absolute atomic E-state index is 12.4. The lowest BCUT2D eigenvalue weighted by Gasteiger charge is -2.45. The predicted octanol–water partition coefficient (Wildman–Crippen LogP) is 1.03. The van der Waals surface area contributed by atoms with Crippen molar-refractivity contribution in [2.75, 3.05) is 6.61 Å². The number of fused-ring (bicyclic) bond motifs is 1. The third kappa shape index (κ3) is 2.73. The minimum atomic E-state index is -3.53. The summed E-state index contributed by atoms with van der Waals surface area (Å²) in [5.41, 5.74) is 7.20. The molecule has 4 atom stereocenters. The highest BCUT2D eigenvalue weighted by Crippen LogP contribution is 2.38. The monoisotopic (exact) mass is 310 g/mol. The molecule has 1 aromatic carbocycles. The Morgan fingerprint density at radius 3 is 2.71 bits per heavy atom. The first-order valence-corrected chi connectivity index (χ1v) is 8.99. The van der Waals surface area contributed by atoms with E-state index in [1.54, 1.807) is 12.1 Å². The van der Waals surface area contributed by atoms with Crippen LogP contribution in [0.15, 0.2) is 29.2 Å². The van der Waals surface area contributed by atoms with E-state index in [1.807, 2.05) is 12.1 Å². The topological polar surface area (TPSA) is 81.4 Å². The van der Waals surface area contributed by atoms with Crippen molar-refractivity contribution >= 4 is 10.0 Å². The van der Waals surface area contributed by atoms with Crippen molar-refractivity contribution < 1.29 is 13.2 Å². The van der Waals surface area contributed by atoms with Gasteiger partial charge in [-0.3, -0.25) is 0 Å². The molecular weight excluding hydrogens is 288 g/mol. The van der Waals surface area contributed by atoms with Crippen molar-refractivity contribution in [1.29, 1.82) is 0 Å². The molecule has 4 unspecified atom stereocenters. The third-order valence-electron chi connectivity index (χ3n) is 4.51. The van der Waals surface area contributed by atoms with E-state index in [4.69, 9.17) is 10.5 Å². The first-order valence-electron chi connectivity index (χ1n) is 7.51. The van der Waals surface area contributed by atoms with Crippen LogP contribution < -0.4 is 10.5 Å². The van der Waals surface area contributed by atoms with E-state index >= 15 is 0 Å². The number of nitrogens with two attached hydrogens (primary N) is 1. The molecule has 1 saturated heterocycles. The Balaban J connectivity index is 1.72. The van der Waals surface area contributed by atoms with Crippen molar-refractivity contribution in [1.82, 2.24) is 4.72 Å². The smallest absolute Gasteiger partial charge is 0.240 e. The Bertz CT molecular complexity index is 600. The quantitative estimate of drug-likeness (QED) is 0.851. The van der Waals surface area contributed by atoms with Crippen LogP contribution in [0.2, 0.25) is 0 Å². The third-order valence-corrected chi connectivity index (χ3v) is 5.99. The summed E-state index contributed by atoms with van der Waals surface area (Å²) in [4.78, 5) is 0.288. The minimum Gasteiger partial charge on any atom is -0.376 e. The maximum atomic E-state index is 12.4. The van der Waals surface area contributed by atoms with Gasteiger partial charge in [0, 0.05) is 18.6 Å². The molecule has 0 radical (unpaired) electrons. The van der Waals surface area contributed by atoms with Crippen molar-refractivity contribution in [3.63, 3.8) is 0 Å². The molecule has 1 saturated carbocycles. The zero-order valence-corrected chi connectivity index (χ0v) is 13.0. The summed E-state index contributed by atoms with van der Waals surface area (Å²) in [5.74, 6) is 0.296. The second kappa shape index (κ2) is 5.68. The summed E-state index contributed by atoms with van der Waals surface area (Å²) in [6.07, 6.45) is 2.87. The maximum Gasteiger partial charge on any atom is 0.240 e. The van der Waals surface area contributed by atoms with Gasteiger partial charge in [0.2, 0.25) is 10.0 Å². The van der Waals surface area contributed by atoms with E-state index in [-0.39, 0.29) is 23.1 Å². The molecule has 6 heteroatoms. The number of hydrogen-bond donors (Lipinski definition) is 2. The van der Waals surface area contributed by atoms with Gasteiger partial charge in [0.1, 0.15) is 0 Å². The molecule has 0 aromatic heterocycles. The lowest BCUT2D eigenvalue weighted by molar-refractivity contribution is -0.00924. The molecule has 0 spiro atoms. The highest BCUT2D eigenvalue weighted by atomic mass is 32.2. The molecule has 0 amide bonds. The summed E-state index contributed by atoms with van der Waals surface area (Å²) in [5, 5.41) is 0. The van der Waals surface area contributed by atoms with Gasteiger partial charge < -0.3 is 10.5 Å². The van der Waals surface area contributed by atoms with Crippen LogP contribution in [0.5, 0.6) is 0 Å². The lowest BCUT2D eigenvalue weighted by atomic mass is 9.73. The summed E-state index contributed by atoms with van der Waals surface area (Å²) >= 11 is 0. The molecule has 1 aliphatic carbocycles. The van der Waals surface area contributed by atoms with Gasteiger partial charge in [-0.2, -0.15) is 0 Å². The first kappa shape index (κ1) is 15.0. The molecule has 1 aromatic rings. The Labute approximate surface area is 125 Å². The van der Waals surface area contributed by atoms with Gasteiger partial charge in [-0.15, -0.1) is 0 Å². The molecule has 3 N–H and O–H groups in total. The number of ether oxygens (including phenoxy) is 1. The predicted molar refractivity (Wildman–Crippen MR) is 80.4 cm³/mol. The number of sulfonamides is 1. The normalized spacial score (nSPS) is 31.7. The van der Waals surface area contributed by atoms with Gasteiger partial charge in [0.05, 0.1) is 17.0 Å². The number of hydrogen-bond acceptors (Lipinski definition) is 4. The van der Waals surface area contributed by atoms with E-state index in [1.165, 1.54) is 0 Å². The summed E-state index contributed by atoms with van der Waals surface area (Å²) in [7, 11) is -3.53. The zero-order chi connectivity index (χ0) is 15.0. The van der Waals surface area contributed by atoms with Crippen LogP contribution >= 0.6 is 0 Å². The van der Waals surface area contributed by atoms with Crippen LogP contribution in [-0.4, -0.2) is 33.2 Å². The molecule has 2 fully saturated rings. The number of aryl methyl sites for hydroxylation is 1. The van der Waals surface area contributed by atoms with Crippen LogP contribution in [0.25, 0.3) is 0 Å². The van der Waals surface area contributed by atoms with E-state index in [0.717, 1.165) is 24.8 Å². The molecule has 21 heavy (non-hydrogen) atoms. The van der Waals surface area contributed by atoms with Crippen molar-refractivity contribution in [3.05, 3.63) is 29.8 Å². The number of rotatable bonds is 5. The summed E-state index contributed by atoms with van der Waals surface area (Å²) in [6.45, 7) is 2.77. The SMILES string of the molecule is CCCc1ccc(S(=O)(=O)NC2C(N)C3CCOC32)cc1. The van der Waals surface area contributed by atoms with Crippen molar-refractivity contribution in [2.45, 2.75) is 49.3 Å². The molecule has 2 aliphatic rings. The van der Waals surface area contributed by atoms with Crippen LogP contribution in [0, 0.1) is 5.92 Å². The largest absolute Gasteiger partial charge is 0.376 e. The Morgan fingerprint density at radius 2 is 2.05 bits per heavy atom. The molecular formula is C15H22N2O3S. The molecule has 1 heterocycles. The average molecular weight is 310 g/mol. The highest BCUT2D eigenvalue weighted by Gasteiger charge is 2.53. The first-order chi connectivity index (χ1) is 10.0. The fourth-order valence-corrected chi connectivity index (χ4v) is 4.55. The average Bonchev–Trinajstić information content (AvgIpc) is 2.91. The van der Waals surface area contributed by atoms with Crippen LogP contribution in [-0.2, 0) is 21.2 Å². The Kier molecular flexibility index (Phi) is 4.05. The van der Waals surface area contributed by atoms with Gasteiger partial charge in [0.15, 0.2) is 0 Å². The lowest BCUT2D eigenvalue weighted by Crippen LogP contribution is -2.68. The highest BCUT2D eigenvalue weighted by molar-refractivity contribution is 7.89. The van der Waals surface area contributed by atoms with E-state index in [9.17, 15) is 8.42 Å². The fraction of sp³-hybridized carbons (Fsp3) is 0.600. The standard InChI is InChI=1S/C15H22N2O3S/c1-2-3-10-4-6-11(7-5-10)21(18,19)17-14-13(16)12-8-9-20-15(12)14/h4-7,12-15,17H,2-3,8-9,16H2,1H3. The molecule has 116 valence electrons. The van der Waals surface area contributed by atoms with Crippen LogP contribution in [0.3, 0.4) is 0 Å². The Morgan fingerprint density at radius 1 is 1.33 bits per heavy atom. The number of benzene rings is 1. The van der Waals surface area contributed by atoms with Gasteiger partial charge in [-0.05, 0) is 30.5 Å². The second-order valence-electron chi connectivity index (χ2n) is 5.91. The molecule has 3 rings (SSSR count). The van der Waals surface area contributed by atoms with E-state index in [0.29, 0.717) is 12.5 Å². The molecule has 5 nitrogen and oxygen atoms in total. The van der Waals surface area contributed by atoms with Crippen molar-refractivity contribution in [2.24, 2.45) is 11.7 Å². The van der Waals surface area contributed by atoms with Crippen LogP contribution in [0.4, 0.5) is 0 Å². The summed E-state index contributed by atoms with van der Waals surface area (Å²) in [6, 6.07) is 6.60. The Hall–Kier alpha value is -0.950. The zero-order valence-electron chi connectivity index (χ0n) is 12.2. The van der Waals surface area contributed by atoms with E-state index < -0.39 is 10.0 Å². The second-order valence-corrected chi connectivity index (χ2v) is 7.62. The van der Waals surface area contributed by atoms with Gasteiger partial charge in [0.25, 0.3) is 0 Å². The van der Waals surface area contributed by atoms with Gasteiger partial charge in [-0.1, -0.05) is 25.5 Å². The van der Waals surface area contributed by atoms with Crippen molar-refractivity contribution in [3.8, 4) is 0 Å². The van der Waals surface area contributed by atoms with E-state index in [2.05, 4.69) is 11.6 Å².